The summed E-state index contributed by atoms with van der Waals surface area (Å²) in [5.41, 5.74) is 1.10. The second-order valence-electron chi connectivity index (χ2n) is 5.68. The number of aromatic nitrogens is 2. The lowest BCUT2D eigenvalue weighted by atomic mass is 9.97. The summed E-state index contributed by atoms with van der Waals surface area (Å²) in [4.78, 5) is 14.0. The number of rotatable bonds is 5. The van der Waals surface area contributed by atoms with Crippen LogP contribution in [0, 0.1) is 5.92 Å². The minimum atomic E-state index is -0.0313. The van der Waals surface area contributed by atoms with Crippen molar-refractivity contribution in [3.8, 4) is 0 Å². The highest BCUT2D eigenvalue weighted by molar-refractivity contribution is 5.72. The number of hydrogen-bond donors (Lipinski definition) is 0. The Bertz CT molecular complexity index is 434. The van der Waals surface area contributed by atoms with E-state index >= 15 is 0 Å². The maximum atomic E-state index is 11.7. The van der Waals surface area contributed by atoms with Gasteiger partial charge in [-0.3, -0.25) is 14.4 Å². The topological polar surface area (TPSA) is 47.4 Å². The summed E-state index contributed by atoms with van der Waals surface area (Å²) in [6, 6.07) is 2.48. The van der Waals surface area contributed by atoms with Gasteiger partial charge in [-0.15, -0.1) is 0 Å². The van der Waals surface area contributed by atoms with Crippen LogP contribution >= 0.6 is 0 Å². The van der Waals surface area contributed by atoms with Gasteiger partial charge >= 0.3 is 5.97 Å². The van der Waals surface area contributed by atoms with Crippen molar-refractivity contribution < 1.29 is 9.53 Å². The first-order valence-electron chi connectivity index (χ1n) is 7.53. The number of hydrogen-bond acceptors (Lipinski definition) is 4. The van der Waals surface area contributed by atoms with Crippen LogP contribution in [0.15, 0.2) is 12.3 Å². The molecule has 1 fully saturated rings. The van der Waals surface area contributed by atoms with E-state index in [0.717, 1.165) is 38.2 Å². The highest BCUT2D eigenvalue weighted by Crippen LogP contribution is 2.20. The van der Waals surface area contributed by atoms with Crippen LogP contribution in [0.1, 0.15) is 45.3 Å². The molecule has 2 heterocycles. The normalized spacial score (nSPS) is 17.6. The van der Waals surface area contributed by atoms with Crippen molar-refractivity contribution in [2.75, 3.05) is 19.7 Å². The summed E-state index contributed by atoms with van der Waals surface area (Å²) in [7, 11) is 0. The molecule has 0 unspecified atom stereocenters. The Labute approximate surface area is 120 Å². The lowest BCUT2D eigenvalue weighted by Gasteiger charge is -2.30. The van der Waals surface area contributed by atoms with E-state index in [1.807, 2.05) is 17.8 Å². The molecule has 0 amide bonds. The van der Waals surface area contributed by atoms with Crippen molar-refractivity contribution >= 4 is 5.97 Å². The first-order chi connectivity index (χ1) is 9.60. The molecule has 0 bridgehead atoms. The number of carbonyl (C=O) groups is 1. The van der Waals surface area contributed by atoms with Gasteiger partial charge in [0.2, 0.25) is 0 Å². The Morgan fingerprint density at radius 3 is 2.70 bits per heavy atom. The molecule has 5 nitrogen and oxygen atoms in total. The number of piperidine rings is 1. The standard InChI is InChI=1S/C15H25N3O2/c1-4-20-15(19)13-5-8-17(9-6-13)11-14-7-10-18(16-14)12(2)3/h7,10,12-13H,4-6,8-9,11H2,1-3H3. The van der Waals surface area contributed by atoms with Gasteiger partial charge in [0.1, 0.15) is 0 Å². The Kier molecular flexibility index (Phi) is 5.17. The zero-order valence-corrected chi connectivity index (χ0v) is 12.7. The molecule has 1 aromatic heterocycles. The van der Waals surface area contributed by atoms with Crippen LogP contribution in [0.25, 0.3) is 0 Å². The van der Waals surface area contributed by atoms with Gasteiger partial charge in [-0.2, -0.15) is 5.10 Å². The molecule has 2 rings (SSSR count). The van der Waals surface area contributed by atoms with Crippen LogP contribution in [0.5, 0.6) is 0 Å². The third kappa shape index (κ3) is 3.82. The second-order valence-corrected chi connectivity index (χ2v) is 5.68. The molecule has 0 aromatic carbocycles. The Morgan fingerprint density at radius 2 is 2.15 bits per heavy atom. The highest BCUT2D eigenvalue weighted by Gasteiger charge is 2.26. The zero-order valence-electron chi connectivity index (χ0n) is 12.7. The molecule has 0 atom stereocenters. The third-order valence-electron chi connectivity index (χ3n) is 3.79. The molecule has 0 aliphatic carbocycles. The maximum Gasteiger partial charge on any atom is 0.309 e. The van der Waals surface area contributed by atoms with Gasteiger partial charge in [-0.25, -0.2) is 0 Å². The smallest absolute Gasteiger partial charge is 0.309 e. The van der Waals surface area contributed by atoms with E-state index in [1.54, 1.807) is 0 Å². The van der Waals surface area contributed by atoms with Crippen LogP contribution in [0.4, 0.5) is 0 Å². The first kappa shape index (κ1) is 15.0. The van der Waals surface area contributed by atoms with Crippen molar-refractivity contribution in [2.45, 2.75) is 46.2 Å². The Balaban J connectivity index is 1.80. The second kappa shape index (κ2) is 6.88. The summed E-state index contributed by atoms with van der Waals surface area (Å²) < 4.78 is 7.08. The van der Waals surface area contributed by atoms with Crippen molar-refractivity contribution in [3.05, 3.63) is 18.0 Å². The number of ether oxygens (including phenoxy) is 1. The van der Waals surface area contributed by atoms with Crippen molar-refractivity contribution in [1.29, 1.82) is 0 Å². The molecule has 1 aliphatic rings. The summed E-state index contributed by atoms with van der Waals surface area (Å²) in [6.07, 6.45) is 3.82. The van der Waals surface area contributed by atoms with E-state index in [-0.39, 0.29) is 11.9 Å². The van der Waals surface area contributed by atoms with E-state index in [2.05, 4.69) is 29.9 Å². The summed E-state index contributed by atoms with van der Waals surface area (Å²) in [5.74, 6) is 0.0515. The molecule has 0 N–H and O–H groups in total. The van der Waals surface area contributed by atoms with Crippen LogP contribution in [-0.4, -0.2) is 40.3 Å². The zero-order chi connectivity index (χ0) is 14.5. The SMILES string of the molecule is CCOC(=O)C1CCN(Cc2ccn(C(C)C)n2)CC1. The Hall–Kier alpha value is -1.36. The van der Waals surface area contributed by atoms with Gasteiger partial charge in [0.15, 0.2) is 0 Å². The van der Waals surface area contributed by atoms with Crippen molar-refractivity contribution in [1.82, 2.24) is 14.7 Å². The van der Waals surface area contributed by atoms with E-state index in [9.17, 15) is 4.79 Å². The fraction of sp³-hybridized carbons (Fsp3) is 0.733. The third-order valence-corrected chi connectivity index (χ3v) is 3.79. The average Bonchev–Trinajstić information content (AvgIpc) is 2.88. The van der Waals surface area contributed by atoms with Crippen LogP contribution in [-0.2, 0) is 16.1 Å². The van der Waals surface area contributed by atoms with E-state index in [4.69, 9.17) is 4.74 Å². The first-order valence-corrected chi connectivity index (χ1v) is 7.53. The molecule has 1 aliphatic heterocycles. The van der Waals surface area contributed by atoms with E-state index in [0.29, 0.717) is 12.6 Å². The van der Waals surface area contributed by atoms with Gasteiger partial charge < -0.3 is 4.74 Å². The molecule has 1 saturated heterocycles. The summed E-state index contributed by atoms with van der Waals surface area (Å²) in [6.45, 7) is 9.35. The highest BCUT2D eigenvalue weighted by atomic mass is 16.5. The van der Waals surface area contributed by atoms with Gasteiger partial charge in [-0.05, 0) is 52.8 Å². The lowest BCUT2D eigenvalue weighted by Crippen LogP contribution is -2.36. The molecular weight excluding hydrogens is 254 g/mol. The predicted molar refractivity (Wildman–Crippen MR) is 77.2 cm³/mol. The van der Waals surface area contributed by atoms with Crippen molar-refractivity contribution in [3.63, 3.8) is 0 Å². The summed E-state index contributed by atoms with van der Waals surface area (Å²) >= 11 is 0. The molecule has 1 aromatic rings. The lowest BCUT2D eigenvalue weighted by molar-refractivity contribution is -0.149. The Morgan fingerprint density at radius 1 is 1.45 bits per heavy atom. The summed E-state index contributed by atoms with van der Waals surface area (Å²) in [5, 5.41) is 4.57. The average molecular weight is 279 g/mol. The molecule has 0 saturated carbocycles. The molecular formula is C15H25N3O2. The minimum absolute atomic E-state index is 0.0313. The van der Waals surface area contributed by atoms with Gasteiger partial charge in [0.25, 0.3) is 0 Å². The van der Waals surface area contributed by atoms with Gasteiger partial charge in [0.05, 0.1) is 18.2 Å². The van der Waals surface area contributed by atoms with E-state index in [1.165, 1.54) is 0 Å². The largest absolute Gasteiger partial charge is 0.466 e. The molecule has 112 valence electrons. The van der Waals surface area contributed by atoms with Crippen LogP contribution in [0.2, 0.25) is 0 Å². The number of esters is 1. The van der Waals surface area contributed by atoms with Crippen LogP contribution < -0.4 is 0 Å². The number of likely N-dealkylation sites (tertiary alicyclic amines) is 1. The fourth-order valence-electron chi connectivity index (χ4n) is 2.57. The maximum absolute atomic E-state index is 11.7. The van der Waals surface area contributed by atoms with Crippen LogP contribution in [0.3, 0.4) is 0 Å². The quantitative estimate of drug-likeness (QED) is 0.776. The van der Waals surface area contributed by atoms with Gasteiger partial charge in [-0.1, -0.05) is 0 Å². The van der Waals surface area contributed by atoms with Crippen molar-refractivity contribution in [2.24, 2.45) is 5.92 Å². The number of nitrogens with zero attached hydrogens (tertiary/aromatic N) is 3. The number of carbonyl (C=O) groups excluding carboxylic acids is 1. The monoisotopic (exact) mass is 279 g/mol. The molecule has 0 spiro atoms. The predicted octanol–water partition coefficient (Wildman–Crippen LogP) is 2.24. The molecule has 5 heteroatoms. The van der Waals surface area contributed by atoms with Gasteiger partial charge in [0, 0.05) is 18.8 Å². The fourth-order valence-corrected chi connectivity index (χ4v) is 2.57. The minimum Gasteiger partial charge on any atom is -0.466 e. The molecule has 0 radical (unpaired) electrons. The van der Waals surface area contributed by atoms with E-state index < -0.39 is 0 Å². The molecule has 20 heavy (non-hydrogen) atoms.